The van der Waals surface area contributed by atoms with E-state index in [4.69, 9.17) is 16.3 Å². The molecule has 0 unspecified atom stereocenters. The molecule has 0 aliphatic carbocycles. The zero-order valence-electron chi connectivity index (χ0n) is 10.3. The van der Waals surface area contributed by atoms with Gasteiger partial charge in [0.1, 0.15) is 0 Å². The number of ether oxygens (including phenoxy) is 1. The van der Waals surface area contributed by atoms with Gasteiger partial charge in [0.25, 0.3) is 0 Å². The van der Waals surface area contributed by atoms with Gasteiger partial charge in [-0.1, -0.05) is 26.7 Å². The molecule has 0 aromatic rings. The number of halogens is 1. The van der Waals surface area contributed by atoms with Crippen LogP contribution in [0, 0.1) is 0 Å². The van der Waals surface area contributed by atoms with Crippen LogP contribution in [-0.2, 0) is 4.74 Å². The van der Waals surface area contributed by atoms with E-state index in [0.717, 1.165) is 13.2 Å². The molecule has 0 aliphatic heterocycles. The normalized spacial score (nSPS) is 11.2. The third kappa shape index (κ3) is 10.5. The molecule has 92 valence electrons. The van der Waals surface area contributed by atoms with Crippen LogP contribution >= 0.6 is 11.6 Å². The molecular formula is C12H26ClNO. The van der Waals surface area contributed by atoms with Gasteiger partial charge in [-0.25, -0.2) is 0 Å². The molecule has 0 spiro atoms. The van der Waals surface area contributed by atoms with E-state index in [2.05, 4.69) is 18.7 Å². The maximum Gasteiger partial charge on any atom is 0.0602 e. The zero-order chi connectivity index (χ0) is 11.4. The van der Waals surface area contributed by atoms with Crippen LogP contribution in [0.15, 0.2) is 0 Å². The summed E-state index contributed by atoms with van der Waals surface area (Å²) in [5, 5.41) is 0. The Morgan fingerprint density at radius 3 is 2.00 bits per heavy atom. The first kappa shape index (κ1) is 15.2. The number of hydrogen-bond donors (Lipinski definition) is 0. The molecule has 0 aromatic heterocycles. The average molecular weight is 236 g/mol. The smallest absolute Gasteiger partial charge is 0.0602 e. The third-order valence-corrected chi connectivity index (χ3v) is 2.58. The fourth-order valence-corrected chi connectivity index (χ4v) is 1.56. The van der Waals surface area contributed by atoms with Gasteiger partial charge < -0.3 is 9.64 Å². The van der Waals surface area contributed by atoms with Crippen molar-refractivity contribution in [3.63, 3.8) is 0 Å². The Bertz CT molecular complexity index is 114. The number of hydrogen-bond acceptors (Lipinski definition) is 2. The van der Waals surface area contributed by atoms with Gasteiger partial charge in [0.2, 0.25) is 0 Å². The summed E-state index contributed by atoms with van der Waals surface area (Å²) >= 11 is 5.55. The predicted molar refractivity (Wildman–Crippen MR) is 67.8 cm³/mol. The molecule has 0 saturated heterocycles. The summed E-state index contributed by atoms with van der Waals surface area (Å²) in [7, 11) is 0. The van der Waals surface area contributed by atoms with Gasteiger partial charge in [-0.2, -0.15) is 0 Å². The molecule has 15 heavy (non-hydrogen) atoms. The minimum atomic E-state index is 0.601. The van der Waals surface area contributed by atoms with Crippen molar-refractivity contribution in [3.05, 3.63) is 0 Å². The van der Waals surface area contributed by atoms with Crippen molar-refractivity contribution < 1.29 is 4.74 Å². The monoisotopic (exact) mass is 235 g/mol. The molecule has 0 saturated carbocycles. The van der Waals surface area contributed by atoms with Gasteiger partial charge >= 0.3 is 0 Å². The highest BCUT2D eigenvalue weighted by atomic mass is 35.5. The fourth-order valence-electron chi connectivity index (χ4n) is 1.45. The second-order valence-corrected chi connectivity index (χ2v) is 4.23. The van der Waals surface area contributed by atoms with Crippen LogP contribution < -0.4 is 0 Å². The van der Waals surface area contributed by atoms with E-state index in [9.17, 15) is 0 Å². The maximum atomic E-state index is 5.55. The molecule has 0 bridgehead atoms. The predicted octanol–water partition coefficient (Wildman–Crippen LogP) is 3.14. The highest BCUT2D eigenvalue weighted by molar-refractivity contribution is 6.17. The van der Waals surface area contributed by atoms with Crippen molar-refractivity contribution in [2.24, 2.45) is 0 Å². The minimum absolute atomic E-state index is 0.601. The Labute approximate surface area is 99.9 Å². The van der Waals surface area contributed by atoms with Crippen molar-refractivity contribution in [2.45, 2.75) is 39.5 Å². The van der Waals surface area contributed by atoms with Crippen LogP contribution in [0.3, 0.4) is 0 Å². The van der Waals surface area contributed by atoms with Crippen LogP contribution in [0.25, 0.3) is 0 Å². The lowest BCUT2D eigenvalue weighted by molar-refractivity contribution is 0.113. The highest BCUT2D eigenvalue weighted by Gasteiger charge is 2.02. The number of unbranched alkanes of at least 4 members (excludes halogenated alkanes) is 2. The Morgan fingerprint density at radius 2 is 1.53 bits per heavy atom. The van der Waals surface area contributed by atoms with E-state index >= 15 is 0 Å². The Balaban J connectivity index is 3.49. The van der Waals surface area contributed by atoms with Crippen LogP contribution in [0.2, 0.25) is 0 Å². The lowest BCUT2D eigenvalue weighted by Crippen LogP contribution is -2.30. The van der Waals surface area contributed by atoms with E-state index < -0.39 is 0 Å². The van der Waals surface area contributed by atoms with Crippen LogP contribution in [0.4, 0.5) is 0 Å². The van der Waals surface area contributed by atoms with E-state index in [0.29, 0.717) is 12.5 Å². The topological polar surface area (TPSA) is 12.5 Å². The SMILES string of the molecule is CCCCN(CCCC)CCOCCCl. The van der Waals surface area contributed by atoms with Gasteiger partial charge in [-0.3, -0.25) is 0 Å². The Kier molecular flexibility index (Phi) is 12.5. The standard InChI is InChI=1S/C12H26ClNO/c1-3-5-8-14(9-6-4-2)10-12-15-11-7-13/h3-12H2,1-2H3. The molecule has 0 rings (SSSR count). The maximum absolute atomic E-state index is 5.55. The van der Waals surface area contributed by atoms with E-state index in [1.54, 1.807) is 0 Å². The molecule has 0 fully saturated rings. The van der Waals surface area contributed by atoms with Crippen molar-refractivity contribution in [1.29, 1.82) is 0 Å². The van der Waals surface area contributed by atoms with Crippen LogP contribution in [-0.4, -0.2) is 43.6 Å². The van der Waals surface area contributed by atoms with Crippen molar-refractivity contribution >= 4 is 11.6 Å². The molecule has 3 heteroatoms. The second kappa shape index (κ2) is 12.3. The van der Waals surface area contributed by atoms with Crippen molar-refractivity contribution in [2.75, 3.05) is 38.7 Å². The Hall–Kier alpha value is 0.210. The molecule has 0 aromatic carbocycles. The van der Waals surface area contributed by atoms with Gasteiger partial charge in [-0.05, 0) is 25.9 Å². The zero-order valence-corrected chi connectivity index (χ0v) is 11.1. The van der Waals surface area contributed by atoms with Gasteiger partial charge in [-0.15, -0.1) is 11.6 Å². The molecule has 0 radical (unpaired) electrons. The summed E-state index contributed by atoms with van der Waals surface area (Å²) in [6, 6.07) is 0. The molecule has 0 atom stereocenters. The summed E-state index contributed by atoms with van der Waals surface area (Å²) in [6.45, 7) is 9.44. The number of nitrogens with zero attached hydrogens (tertiary/aromatic N) is 1. The van der Waals surface area contributed by atoms with Crippen LogP contribution in [0.5, 0.6) is 0 Å². The third-order valence-electron chi connectivity index (χ3n) is 2.43. The van der Waals surface area contributed by atoms with E-state index in [1.807, 2.05) is 0 Å². The molecule has 0 aliphatic rings. The molecule has 2 nitrogen and oxygen atoms in total. The molecule has 0 heterocycles. The summed E-state index contributed by atoms with van der Waals surface area (Å²) in [6.07, 6.45) is 5.12. The van der Waals surface area contributed by atoms with Gasteiger partial charge in [0.05, 0.1) is 13.2 Å². The first-order valence-corrected chi connectivity index (χ1v) is 6.74. The second-order valence-electron chi connectivity index (χ2n) is 3.85. The summed E-state index contributed by atoms with van der Waals surface area (Å²) in [5.41, 5.74) is 0. The van der Waals surface area contributed by atoms with Crippen LogP contribution in [0.1, 0.15) is 39.5 Å². The quantitative estimate of drug-likeness (QED) is 0.403. The van der Waals surface area contributed by atoms with E-state index in [1.165, 1.54) is 38.8 Å². The summed E-state index contributed by atoms with van der Waals surface area (Å²) < 4.78 is 5.40. The molecular weight excluding hydrogens is 210 g/mol. The fraction of sp³-hybridized carbons (Fsp3) is 1.00. The summed E-state index contributed by atoms with van der Waals surface area (Å²) in [5.74, 6) is 0.601. The lowest BCUT2D eigenvalue weighted by Gasteiger charge is -2.21. The van der Waals surface area contributed by atoms with E-state index in [-0.39, 0.29) is 0 Å². The number of rotatable bonds is 11. The molecule has 0 amide bonds. The molecule has 0 N–H and O–H groups in total. The van der Waals surface area contributed by atoms with Crippen molar-refractivity contribution in [3.8, 4) is 0 Å². The van der Waals surface area contributed by atoms with Gasteiger partial charge in [0.15, 0.2) is 0 Å². The minimum Gasteiger partial charge on any atom is -0.379 e. The Morgan fingerprint density at radius 1 is 0.933 bits per heavy atom. The average Bonchev–Trinajstić information content (AvgIpc) is 2.27. The van der Waals surface area contributed by atoms with Crippen molar-refractivity contribution in [1.82, 2.24) is 4.90 Å². The number of alkyl halides is 1. The van der Waals surface area contributed by atoms with Gasteiger partial charge in [0, 0.05) is 12.4 Å². The summed E-state index contributed by atoms with van der Waals surface area (Å²) in [4.78, 5) is 2.50. The highest BCUT2D eigenvalue weighted by Crippen LogP contribution is 1.99. The first-order chi connectivity index (χ1) is 7.35. The lowest BCUT2D eigenvalue weighted by atomic mass is 10.2. The first-order valence-electron chi connectivity index (χ1n) is 6.21. The largest absolute Gasteiger partial charge is 0.379 e.